The van der Waals surface area contributed by atoms with Gasteiger partial charge in [0.2, 0.25) is 0 Å². The molecule has 0 atom stereocenters. The second-order valence-electron chi connectivity index (χ2n) is 5.27. The number of nitrogens with zero attached hydrogens (tertiary/aromatic N) is 1. The number of benzene rings is 1. The Hall–Kier alpha value is -1.00. The van der Waals surface area contributed by atoms with Crippen molar-refractivity contribution < 1.29 is 8.78 Å². The first-order valence-corrected chi connectivity index (χ1v) is 7.01. The lowest BCUT2D eigenvalue weighted by Gasteiger charge is -2.32. The minimum atomic E-state index is -2.81. The molecule has 1 aliphatic rings. The lowest BCUT2D eigenvalue weighted by atomic mass is 10.1. The van der Waals surface area contributed by atoms with E-state index in [9.17, 15) is 8.78 Å². The molecule has 1 fully saturated rings. The van der Waals surface area contributed by atoms with Crippen LogP contribution in [0.2, 0.25) is 0 Å². The van der Waals surface area contributed by atoms with Crippen LogP contribution in [0.1, 0.15) is 31.2 Å². The van der Waals surface area contributed by atoms with Crippen molar-refractivity contribution in [2.45, 2.75) is 37.6 Å². The highest BCUT2D eigenvalue weighted by molar-refractivity contribution is 5.20. The maximum Gasteiger partial charge on any atom is 0.285 e. The third kappa shape index (κ3) is 3.74. The number of hydrogen-bond acceptors (Lipinski definition) is 2. The zero-order chi connectivity index (χ0) is 13.7. The predicted octanol–water partition coefficient (Wildman–Crippen LogP) is 2.98. The Balaban J connectivity index is 2.06. The molecular formula is C15H22F2N2. The van der Waals surface area contributed by atoms with Crippen LogP contribution in [0.3, 0.4) is 0 Å². The molecule has 1 aliphatic carbocycles. The molecule has 0 radical (unpaired) electrons. The number of alkyl halides is 2. The van der Waals surface area contributed by atoms with Crippen molar-refractivity contribution in [3.63, 3.8) is 0 Å². The zero-order valence-electron chi connectivity index (χ0n) is 11.2. The first kappa shape index (κ1) is 14.4. The summed E-state index contributed by atoms with van der Waals surface area (Å²) in [5.74, 6) is -2.81. The fourth-order valence-electron chi connectivity index (χ4n) is 2.85. The Bertz CT molecular complexity index is 375. The summed E-state index contributed by atoms with van der Waals surface area (Å²) in [5.41, 5.74) is 5.66. The van der Waals surface area contributed by atoms with Gasteiger partial charge in [-0.25, -0.2) is 0 Å². The topological polar surface area (TPSA) is 29.3 Å². The summed E-state index contributed by atoms with van der Waals surface area (Å²) in [7, 11) is 0. The monoisotopic (exact) mass is 268 g/mol. The molecule has 0 saturated heterocycles. The van der Waals surface area contributed by atoms with Crippen LogP contribution < -0.4 is 5.73 Å². The average Bonchev–Trinajstić information content (AvgIpc) is 2.93. The van der Waals surface area contributed by atoms with E-state index >= 15 is 0 Å². The molecule has 0 aromatic heterocycles. The maximum absolute atomic E-state index is 14.3. The van der Waals surface area contributed by atoms with Gasteiger partial charge in [0.1, 0.15) is 0 Å². The third-order valence-corrected chi connectivity index (χ3v) is 3.86. The van der Waals surface area contributed by atoms with E-state index in [0.29, 0.717) is 13.1 Å². The van der Waals surface area contributed by atoms with Crippen molar-refractivity contribution in [2.24, 2.45) is 5.73 Å². The summed E-state index contributed by atoms with van der Waals surface area (Å²) >= 11 is 0. The van der Waals surface area contributed by atoms with Crippen LogP contribution in [-0.2, 0) is 5.92 Å². The molecule has 0 spiro atoms. The minimum absolute atomic E-state index is 0.0926. The molecule has 106 valence electrons. The molecule has 4 heteroatoms. The molecule has 2 nitrogen and oxygen atoms in total. The van der Waals surface area contributed by atoms with Gasteiger partial charge >= 0.3 is 0 Å². The predicted molar refractivity (Wildman–Crippen MR) is 73.2 cm³/mol. The number of hydrogen-bond donors (Lipinski definition) is 1. The summed E-state index contributed by atoms with van der Waals surface area (Å²) in [6.45, 7) is 0.757. The van der Waals surface area contributed by atoms with E-state index in [1.165, 1.54) is 12.1 Å². The average molecular weight is 268 g/mol. The summed E-state index contributed by atoms with van der Waals surface area (Å²) in [4.78, 5) is 1.88. The molecule has 0 bridgehead atoms. The van der Waals surface area contributed by atoms with Gasteiger partial charge in [0, 0.05) is 24.7 Å². The normalized spacial score (nSPS) is 17.3. The SMILES string of the molecule is NCCN(CC(F)(F)c1ccccc1)C1CCCC1. The van der Waals surface area contributed by atoms with Crippen LogP contribution >= 0.6 is 0 Å². The molecule has 2 N–H and O–H groups in total. The fourth-order valence-corrected chi connectivity index (χ4v) is 2.85. The van der Waals surface area contributed by atoms with Crippen LogP contribution in [0, 0.1) is 0 Å². The van der Waals surface area contributed by atoms with Gasteiger partial charge in [0.15, 0.2) is 0 Å². The Labute approximate surface area is 113 Å². The molecule has 1 aromatic carbocycles. The Kier molecular flexibility index (Phi) is 4.88. The molecular weight excluding hydrogens is 246 g/mol. The minimum Gasteiger partial charge on any atom is -0.329 e. The number of halogens is 2. The summed E-state index contributed by atoms with van der Waals surface area (Å²) < 4.78 is 28.6. The summed E-state index contributed by atoms with van der Waals surface area (Å²) in [6.07, 6.45) is 4.32. The molecule has 19 heavy (non-hydrogen) atoms. The van der Waals surface area contributed by atoms with E-state index in [-0.39, 0.29) is 18.2 Å². The summed E-state index contributed by atoms with van der Waals surface area (Å²) in [5, 5.41) is 0. The van der Waals surface area contributed by atoms with Crippen molar-refractivity contribution in [2.75, 3.05) is 19.6 Å². The molecule has 0 amide bonds. The maximum atomic E-state index is 14.3. The first-order chi connectivity index (χ1) is 9.13. The van der Waals surface area contributed by atoms with Crippen LogP contribution in [0.4, 0.5) is 8.78 Å². The Morgan fingerprint density at radius 2 is 1.79 bits per heavy atom. The lowest BCUT2D eigenvalue weighted by molar-refractivity contribution is -0.0468. The highest BCUT2D eigenvalue weighted by Gasteiger charge is 2.36. The van der Waals surface area contributed by atoms with Gasteiger partial charge in [-0.05, 0) is 12.8 Å². The van der Waals surface area contributed by atoms with Gasteiger partial charge in [-0.3, -0.25) is 4.90 Å². The van der Waals surface area contributed by atoms with E-state index < -0.39 is 5.92 Å². The Morgan fingerprint density at radius 3 is 2.37 bits per heavy atom. The lowest BCUT2D eigenvalue weighted by Crippen LogP contribution is -2.43. The van der Waals surface area contributed by atoms with Gasteiger partial charge in [-0.1, -0.05) is 43.2 Å². The zero-order valence-corrected chi connectivity index (χ0v) is 11.2. The van der Waals surface area contributed by atoms with Crippen LogP contribution in [0.25, 0.3) is 0 Å². The Morgan fingerprint density at radius 1 is 1.16 bits per heavy atom. The third-order valence-electron chi connectivity index (χ3n) is 3.86. The van der Waals surface area contributed by atoms with Crippen molar-refractivity contribution in [1.82, 2.24) is 4.90 Å². The van der Waals surface area contributed by atoms with Crippen molar-refractivity contribution in [1.29, 1.82) is 0 Å². The summed E-state index contributed by atoms with van der Waals surface area (Å²) in [6, 6.07) is 8.34. The van der Waals surface area contributed by atoms with Crippen LogP contribution in [-0.4, -0.2) is 30.6 Å². The quantitative estimate of drug-likeness (QED) is 0.859. The molecule has 0 aliphatic heterocycles. The number of rotatable bonds is 6. The van der Waals surface area contributed by atoms with E-state index in [0.717, 1.165) is 25.7 Å². The van der Waals surface area contributed by atoms with E-state index in [2.05, 4.69) is 0 Å². The second kappa shape index (κ2) is 6.44. The van der Waals surface area contributed by atoms with Crippen LogP contribution in [0.5, 0.6) is 0 Å². The van der Waals surface area contributed by atoms with Crippen molar-refractivity contribution >= 4 is 0 Å². The van der Waals surface area contributed by atoms with Gasteiger partial charge in [-0.2, -0.15) is 8.78 Å². The van der Waals surface area contributed by atoms with Gasteiger partial charge in [0.05, 0.1) is 6.54 Å². The van der Waals surface area contributed by atoms with E-state index in [1.807, 2.05) is 4.90 Å². The standard InChI is InChI=1S/C15H22F2N2/c16-15(17,13-6-2-1-3-7-13)12-19(11-10-18)14-8-4-5-9-14/h1-3,6-7,14H,4-5,8-12,18H2. The number of nitrogens with two attached hydrogens (primary N) is 1. The smallest absolute Gasteiger partial charge is 0.285 e. The fraction of sp³-hybridized carbons (Fsp3) is 0.600. The molecule has 2 rings (SSSR count). The second-order valence-corrected chi connectivity index (χ2v) is 5.27. The van der Waals surface area contributed by atoms with E-state index in [4.69, 9.17) is 5.73 Å². The van der Waals surface area contributed by atoms with Gasteiger partial charge < -0.3 is 5.73 Å². The van der Waals surface area contributed by atoms with Gasteiger partial charge in [0.25, 0.3) is 5.92 Å². The largest absolute Gasteiger partial charge is 0.329 e. The highest BCUT2D eigenvalue weighted by atomic mass is 19.3. The highest BCUT2D eigenvalue weighted by Crippen LogP contribution is 2.32. The molecule has 1 aromatic rings. The molecule has 1 saturated carbocycles. The van der Waals surface area contributed by atoms with Crippen molar-refractivity contribution in [3.05, 3.63) is 35.9 Å². The van der Waals surface area contributed by atoms with Crippen molar-refractivity contribution in [3.8, 4) is 0 Å². The molecule has 0 unspecified atom stereocenters. The van der Waals surface area contributed by atoms with Crippen LogP contribution in [0.15, 0.2) is 30.3 Å². The molecule has 0 heterocycles. The van der Waals surface area contributed by atoms with E-state index in [1.54, 1.807) is 18.2 Å². The van der Waals surface area contributed by atoms with Gasteiger partial charge in [-0.15, -0.1) is 0 Å². The first-order valence-electron chi connectivity index (χ1n) is 7.01.